The lowest BCUT2D eigenvalue weighted by atomic mass is 9.94. The van der Waals surface area contributed by atoms with Crippen molar-refractivity contribution in [3.63, 3.8) is 0 Å². The summed E-state index contributed by atoms with van der Waals surface area (Å²) in [7, 11) is 3.26. The second-order valence-corrected chi connectivity index (χ2v) is 8.59. The molecule has 0 radical (unpaired) electrons. The van der Waals surface area contributed by atoms with Crippen LogP contribution in [0.2, 0.25) is 0 Å². The van der Waals surface area contributed by atoms with Gasteiger partial charge in [0.2, 0.25) is 11.8 Å². The van der Waals surface area contributed by atoms with Gasteiger partial charge in [0.05, 0.1) is 6.61 Å². The first kappa shape index (κ1) is 26.2. The Morgan fingerprint density at radius 3 is 2.63 bits per heavy atom. The number of guanidine groups is 1. The van der Waals surface area contributed by atoms with Gasteiger partial charge in [-0.2, -0.15) is 0 Å². The minimum atomic E-state index is -0.237. The van der Waals surface area contributed by atoms with Gasteiger partial charge in [-0.1, -0.05) is 42.5 Å². The van der Waals surface area contributed by atoms with Crippen molar-refractivity contribution in [2.24, 2.45) is 0 Å². The molecule has 1 fully saturated rings. The first-order chi connectivity index (χ1) is 17.0. The molecule has 2 aromatic rings. The molecule has 0 unspecified atom stereocenters. The lowest BCUT2D eigenvalue weighted by Crippen LogP contribution is -2.38. The van der Waals surface area contributed by atoms with Crippen LogP contribution in [-0.2, 0) is 27.3 Å². The number of likely N-dealkylation sites (tertiary alicyclic amines) is 1. The number of nitrogens with one attached hydrogen (secondary N) is 3. The van der Waals surface area contributed by atoms with E-state index in [9.17, 15) is 9.59 Å². The van der Waals surface area contributed by atoms with Crippen LogP contribution in [-0.4, -0.2) is 56.6 Å². The number of carbonyl (C=O) groups excluding carboxylic acids is 2. The predicted molar refractivity (Wildman–Crippen MR) is 136 cm³/mol. The second kappa shape index (κ2) is 13.5. The molecule has 3 N–H and O–H groups in total. The van der Waals surface area contributed by atoms with Crippen molar-refractivity contribution < 1.29 is 19.1 Å². The largest absolute Gasteiger partial charge is 0.492 e. The third kappa shape index (κ3) is 7.55. The van der Waals surface area contributed by atoms with Crippen molar-refractivity contribution >= 4 is 17.8 Å². The van der Waals surface area contributed by atoms with Crippen LogP contribution in [0.3, 0.4) is 0 Å². The predicted octanol–water partition coefficient (Wildman–Crippen LogP) is 3.48. The van der Waals surface area contributed by atoms with E-state index in [2.05, 4.69) is 10.6 Å². The summed E-state index contributed by atoms with van der Waals surface area (Å²) in [5, 5.41) is 12.8. The molecule has 0 atom stereocenters. The lowest BCUT2D eigenvalue weighted by Gasteiger charge is -2.29. The van der Waals surface area contributed by atoms with E-state index < -0.39 is 0 Å². The van der Waals surface area contributed by atoms with Gasteiger partial charge in [0.1, 0.15) is 5.75 Å². The number of aryl methyl sites for hydroxylation is 1. The van der Waals surface area contributed by atoms with Gasteiger partial charge in [-0.05, 0) is 30.4 Å². The number of hydrogen-bond acceptors (Lipinski definition) is 5. The highest BCUT2D eigenvalue weighted by Gasteiger charge is 2.24. The molecule has 188 valence electrons. The summed E-state index contributed by atoms with van der Waals surface area (Å²) in [5.74, 6) is 0.638. The Morgan fingerprint density at radius 2 is 1.91 bits per heavy atom. The number of hydrogen-bond donors (Lipinski definition) is 3. The van der Waals surface area contributed by atoms with Crippen LogP contribution in [0, 0.1) is 5.41 Å². The minimum Gasteiger partial charge on any atom is -0.492 e. The van der Waals surface area contributed by atoms with Crippen LogP contribution < -0.4 is 15.4 Å². The van der Waals surface area contributed by atoms with Crippen molar-refractivity contribution in [1.29, 1.82) is 5.41 Å². The van der Waals surface area contributed by atoms with Gasteiger partial charge in [-0.25, -0.2) is 0 Å². The molecule has 0 aliphatic carbocycles. The first-order valence-electron chi connectivity index (χ1n) is 12.2. The van der Waals surface area contributed by atoms with E-state index in [4.69, 9.17) is 14.9 Å². The highest BCUT2D eigenvalue weighted by molar-refractivity contribution is 5.95. The summed E-state index contributed by atoms with van der Waals surface area (Å²) in [6.45, 7) is 2.25. The smallest absolute Gasteiger partial charge is 0.226 e. The summed E-state index contributed by atoms with van der Waals surface area (Å²) in [6.07, 6.45) is 3.91. The van der Waals surface area contributed by atoms with Gasteiger partial charge in [0, 0.05) is 64.2 Å². The topological polar surface area (TPSA) is 104 Å². The highest BCUT2D eigenvalue weighted by Crippen LogP contribution is 2.37. The number of ether oxygens (including phenoxy) is 2. The average Bonchev–Trinajstić information content (AvgIpc) is 2.88. The number of piperidine rings is 1. The maximum atomic E-state index is 12.7. The lowest BCUT2D eigenvalue weighted by molar-refractivity contribution is -0.133. The molecule has 1 aliphatic rings. The van der Waals surface area contributed by atoms with Gasteiger partial charge in [0.25, 0.3) is 0 Å². The van der Waals surface area contributed by atoms with Crippen molar-refractivity contribution in [3.8, 4) is 16.9 Å². The number of nitrogens with zero attached hydrogens (tertiary/aromatic N) is 1. The zero-order valence-electron chi connectivity index (χ0n) is 20.7. The van der Waals surface area contributed by atoms with E-state index in [1.807, 2.05) is 47.4 Å². The zero-order valence-corrected chi connectivity index (χ0v) is 20.7. The monoisotopic (exact) mass is 480 g/mol. The van der Waals surface area contributed by atoms with Crippen LogP contribution in [0.15, 0.2) is 42.5 Å². The fourth-order valence-corrected chi connectivity index (χ4v) is 4.20. The number of benzene rings is 2. The summed E-state index contributed by atoms with van der Waals surface area (Å²) >= 11 is 0. The molecule has 0 spiro atoms. The number of rotatable bonds is 11. The van der Waals surface area contributed by atoms with E-state index in [0.717, 1.165) is 53.8 Å². The molecule has 8 nitrogen and oxygen atoms in total. The molecule has 0 bridgehead atoms. The van der Waals surface area contributed by atoms with Crippen molar-refractivity contribution in [2.45, 2.75) is 45.1 Å². The van der Waals surface area contributed by atoms with Crippen LogP contribution in [0.4, 0.5) is 0 Å². The summed E-state index contributed by atoms with van der Waals surface area (Å²) in [5.41, 5.74) is 3.91. The maximum absolute atomic E-state index is 12.7. The molecular weight excluding hydrogens is 444 g/mol. The third-order valence-corrected chi connectivity index (χ3v) is 6.09. The molecule has 1 aliphatic heterocycles. The average molecular weight is 481 g/mol. The molecule has 35 heavy (non-hydrogen) atoms. The van der Waals surface area contributed by atoms with E-state index in [-0.39, 0.29) is 24.2 Å². The van der Waals surface area contributed by atoms with E-state index in [1.54, 1.807) is 14.2 Å². The van der Waals surface area contributed by atoms with E-state index in [1.165, 1.54) is 0 Å². The molecule has 3 rings (SSSR count). The maximum Gasteiger partial charge on any atom is 0.226 e. The van der Waals surface area contributed by atoms with Gasteiger partial charge in [-0.3, -0.25) is 20.3 Å². The van der Waals surface area contributed by atoms with Crippen LogP contribution in [0.1, 0.15) is 43.2 Å². The quantitative estimate of drug-likeness (QED) is 0.260. The molecule has 0 aromatic heterocycles. The first-order valence-corrected chi connectivity index (χ1v) is 12.2. The van der Waals surface area contributed by atoms with Gasteiger partial charge < -0.3 is 19.7 Å². The van der Waals surface area contributed by atoms with E-state index >= 15 is 0 Å². The highest BCUT2D eigenvalue weighted by atomic mass is 16.5. The van der Waals surface area contributed by atoms with Crippen LogP contribution in [0.5, 0.6) is 5.75 Å². The number of methoxy groups -OCH3 is 1. The second-order valence-electron chi connectivity index (χ2n) is 8.59. The molecule has 8 heteroatoms. The number of carbonyl (C=O) groups is 2. The van der Waals surface area contributed by atoms with Gasteiger partial charge >= 0.3 is 0 Å². The summed E-state index contributed by atoms with van der Waals surface area (Å²) in [6, 6.07) is 14.1. The summed E-state index contributed by atoms with van der Waals surface area (Å²) < 4.78 is 11.6. The fourth-order valence-electron chi connectivity index (χ4n) is 4.20. The Kier molecular flexibility index (Phi) is 10.1. The third-order valence-electron chi connectivity index (χ3n) is 6.09. The fraction of sp³-hybridized carbons (Fsp3) is 0.444. The minimum absolute atomic E-state index is 0.0317. The normalized spacial score (nSPS) is 13.4. The summed E-state index contributed by atoms with van der Waals surface area (Å²) in [4.78, 5) is 26.9. The molecule has 1 saturated heterocycles. The van der Waals surface area contributed by atoms with Gasteiger partial charge in [-0.15, -0.1) is 0 Å². The van der Waals surface area contributed by atoms with Crippen molar-refractivity contribution in [3.05, 3.63) is 53.6 Å². The zero-order chi connectivity index (χ0) is 25.0. The Hall–Kier alpha value is -3.39. The number of amides is 2. The molecular formula is C27H36N4O4. The standard InChI is InChI=1S/C27H36N4O4/c1-29-27(28)30-24(32)15-13-21-12-14-22(20-9-4-3-5-10-20)26(35-18-8-17-34-2)23(21)19-31-16-7-6-11-25(31)33/h3-5,9-10,12,14H,6-8,11,13,15-19H2,1-2H3,(H3,28,29,30,32). The molecule has 0 saturated carbocycles. The van der Waals surface area contributed by atoms with Crippen LogP contribution in [0.25, 0.3) is 11.1 Å². The van der Waals surface area contributed by atoms with Crippen LogP contribution >= 0.6 is 0 Å². The Morgan fingerprint density at radius 1 is 1.11 bits per heavy atom. The SMILES string of the molecule is CNC(=N)NC(=O)CCc1ccc(-c2ccccc2)c(OCCCOC)c1CN1CCCCC1=O. The van der Waals surface area contributed by atoms with E-state index in [0.29, 0.717) is 32.6 Å². The Balaban J connectivity index is 1.97. The Bertz CT molecular complexity index is 1010. The molecule has 2 aromatic carbocycles. The molecule has 2 amide bonds. The van der Waals surface area contributed by atoms with Crippen molar-refractivity contribution in [2.75, 3.05) is 33.9 Å². The molecule has 1 heterocycles. The van der Waals surface area contributed by atoms with Crippen molar-refractivity contribution in [1.82, 2.24) is 15.5 Å². The Labute approximate surface area is 207 Å². The van der Waals surface area contributed by atoms with Gasteiger partial charge in [0.15, 0.2) is 5.96 Å².